The second-order valence-electron chi connectivity index (χ2n) is 5.94. The van der Waals surface area contributed by atoms with Crippen LogP contribution in [0.5, 0.6) is 0 Å². The highest BCUT2D eigenvalue weighted by Crippen LogP contribution is 2.32. The van der Waals surface area contributed by atoms with Gasteiger partial charge in [0, 0.05) is 12.2 Å². The summed E-state index contributed by atoms with van der Waals surface area (Å²) in [5, 5.41) is 2.41. The Kier molecular flexibility index (Phi) is 5.09. The van der Waals surface area contributed by atoms with Gasteiger partial charge in [-0.25, -0.2) is 8.42 Å². The third-order valence-electron chi connectivity index (χ3n) is 4.03. The number of benzene rings is 2. The molecule has 1 aliphatic heterocycles. The fourth-order valence-electron chi connectivity index (χ4n) is 2.74. The average molecular weight is 419 g/mol. The summed E-state index contributed by atoms with van der Waals surface area (Å²) in [6.45, 7) is 0.290. The molecule has 1 saturated heterocycles. The Hall–Kier alpha value is -2.26. The molecular formula is C17H14ClF3N2O3S. The summed E-state index contributed by atoms with van der Waals surface area (Å²) in [6.07, 6.45) is -4.07. The smallest absolute Gasteiger partial charge is 0.322 e. The highest BCUT2D eigenvalue weighted by molar-refractivity contribution is 7.93. The Morgan fingerprint density at radius 3 is 2.52 bits per heavy atom. The molecule has 0 atom stereocenters. The number of sulfonamides is 1. The fourth-order valence-corrected chi connectivity index (χ4v) is 4.50. The minimum absolute atomic E-state index is 0.0153. The van der Waals surface area contributed by atoms with Gasteiger partial charge < -0.3 is 5.32 Å². The Bertz CT molecular complexity index is 993. The number of halogens is 4. The van der Waals surface area contributed by atoms with E-state index in [2.05, 4.69) is 5.32 Å². The minimum Gasteiger partial charge on any atom is -0.322 e. The van der Waals surface area contributed by atoms with Gasteiger partial charge >= 0.3 is 6.18 Å². The van der Waals surface area contributed by atoms with E-state index in [-0.39, 0.29) is 27.7 Å². The number of hydrogen-bond donors (Lipinski definition) is 1. The Morgan fingerprint density at radius 1 is 1.15 bits per heavy atom. The van der Waals surface area contributed by atoms with Crippen molar-refractivity contribution >= 4 is 38.9 Å². The average Bonchev–Trinajstić information content (AvgIpc) is 2.94. The molecule has 144 valence electrons. The predicted molar refractivity (Wildman–Crippen MR) is 96.6 cm³/mol. The first-order chi connectivity index (χ1) is 12.6. The van der Waals surface area contributed by atoms with Gasteiger partial charge in [0.15, 0.2) is 0 Å². The van der Waals surface area contributed by atoms with E-state index in [9.17, 15) is 26.4 Å². The van der Waals surface area contributed by atoms with Gasteiger partial charge in [-0.15, -0.1) is 0 Å². The van der Waals surface area contributed by atoms with Crippen LogP contribution < -0.4 is 9.62 Å². The molecule has 0 saturated carbocycles. The van der Waals surface area contributed by atoms with Crippen LogP contribution >= 0.6 is 11.6 Å². The van der Waals surface area contributed by atoms with Crippen molar-refractivity contribution in [1.82, 2.24) is 0 Å². The van der Waals surface area contributed by atoms with Gasteiger partial charge in [-0.3, -0.25) is 9.10 Å². The van der Waals surface area contributed by atoms with Crippen LogP contribution in [0.3, 0.4) is 0 Å². The zero-order valence-electron chi connectivity index (χ0n) is 13.8. The number of hydrogen-bond acceptors (Lipinski definition) is 3. The van der Waals surface area contributed by atoms with Crippen molar-refractivity contribution in [2.24, 2.45) is 0 Å². The van der Waals surface area contributed by atoms with E-state index in [0.717, 1.165) is 12.1 Å². The molecule has 2 aromatic carbocycles. The summed E-state index contributed by atoms with van der Waals surface area (Å²) in [7, 11) is -3.44. The highest BCUT2D eigenvalue weighted by Gasteiger charge is 2.31. The summed E-state index contributed by atoms with van der Waals surface area (Å²) in [5.74, 6) is -0.723. The first-order valence-corrected chi connectivity index (χ1v) is 9.85. The molecule has 5 nitrogen and oxygen atoms in total. The number of anilines is 2. The van der Waals surface area contributed by atoms with E-state index >= 15 is 0 Å². The van der Waals surface area contributed by atoms with Crippen molar-refractivity contribution < 1.29 is 26.4 Å². The Labute approximate surface area is 158 Å². The Balaban J connectivity index is 1.88. The third kappa shape index (κ3) is 4.19. The van der Waals surface area contributed by atoms with Crippen LogP contribution in [-0.2, 0) is 16.2 Å². The van der Waals surface area contributed by atoms with E-state index in [1.165, 1.54) is 34.6 Å². The standard InChI is InChI=1S/C17H14ClF3N2O3S/c18-15-6-5-13(23-7-2-8-27(23,25)26)10-14(15)16(24)22-12-4-1-3-11(9-12)17(19,20)21/h1,3-6,9-10H,2,7-8H2,(H,22,24). The SMILES string of the molecule is O=C(Nc1cccc(C(F)(F)F)c1)c1cc(N2CCCS2(=O)=O)ccc1Cl. The maximum Gasteiger partial charge on any atom is 0.416 e. The van der Waals surface area contributed by atoms with E-state index in [1.54, 1.807) is 0 Å². The molecule has 0 spiro atoms. The lowest BCUT2D eigenvalue weighted by Crippen LogP contribution is -2.25. The molecule has 0 unspecified atom stereocenters. The van der Waals surface area contributed by atoms with Gasteiger partial charge in [0.1, 0.15) is 0 Å². The lowest BCUT2D eigenvalue weighted by molar-refractivity contribution is -0.137. The third-order valence-corrected chi connectivity index (χ3v) is 6.23. The second-order valence-corrected chi connectivity index (χ2v) is 8.36. The van der Waals surface area contributed by atoms with Gasteiger partial charge in [0.25, 0.3) is 5.91 Å². The van der Waals surface area contributed by atoms with Crippen molar-refractivity contribution in [2.75, 3.05) is 21.9 Å². The number of alkyl halides is 3. The molecule has 0 bridgehead atoms. The van der Waals surface area contributed by atoms with Crippen LogP contribution in [-0.4, -0.2) is 26.6 Å². The number of carbonyl (C=O) groups excluding carboxylic acids is 1. The summed E-state index contributed by atoms with van der Waals surface area (Å²) in [5.41, 5.74) is -0.701. The number of amides is 1. The number of nitrogens with one attached hydrogen (secondary N) is 1. The summed E-state index contributed by atoms with van der Waals surface area (Å²) in [6, 6.07) is 8.36. The van der Waals surface area contributed by atoms with Crippen LogP contribution in [0, 0.1) is 0 Å². The maximum atomic E-state index is 12.8. The predicted octanol–water partition coefficient (Wildman–Crippen LogP) is 4.15. The fraction of sp³-hybridized carbons (Fsp3) is 0.235. The van der Waals surface area contributed by atoms with Gasteiger partial charge in [-0.2, -0.15) is 13.2 Å². The molecular weight excluding hydrogens is 405 g/mol. The minimum atomic E-state index is -4.54. The summed E-state index contributed by atoms with van der Waals surface area (Å²) >= 11 is 6.03. The highest BCUT2D eigenvalue weighted by atomic mass is 35.5. The van der Waals surface area contributed by atoms with Crippen molar-refractivity contribution in [1.29, 1.82) is 0 Å². The van der Waals surface area contributed by atoms with Crippen molar-refractivity contribution in [3.05, 3.63) is 58.6 Å². The monoisotopic (exact) mass is 418 g/mol. The quantitative estimate of drug-likeness (QED) is 0.814. The molecule has 27 heavy (non-hydrogen) atoms. The molecule has 2 aromatic rings. The second kappa shape index (κ2) is 7.05. The van der Waals surface area contributed by atoms with E-state index in [4.69, 9.17) is 11.6 Å². The van der Waals surface area contributed by atoms with Crippen LogP contribution in [0.2, 0.25) is 5.02 Å². The van der Waals surface area contributed by atoms with Crippen LogP contribution in [0.1, 0.15) is 22.3 Å². The molecule has 1 fully saturated rings. The Morgan fingerprint density at radius 2 is 1.89 bits per heavy atom. The van der Waals surface area contributed by atoms with Gasteiger partial charge in [-0.05, 0) is 42.8 Å². The largest absolute Gasteiger partial charge is 0.416 e. The van der Waals surface area contributed by atoms with Crippen molar-refractivity contribution in [3.63, 3.8) is 0 Å². The van der Waals surface area contributed by atoms with E-state index in [1.807, 2.05) is 0 Å². The number of nitrogens with zero attached hydrogens (tertiary/aromatic N) is 1. The lowest BCUT2D eigenvalue weighted by Gasteiger charge is -2.18. The van der Waals surface area contributed by atoms with Crippen LogP contribution in [0.25, 0.3) is 0 Å². The number of carbonyl (C=O) groups is 1. The summed E-state index contributed by atoms with van der Waals surface area (Å²) in [4.78, 5) is 12.5. The van der Waals surface area contributed by atoms with Crippen molar-refractivity contribution in [2.45, 2.75) is 12.6 Å². The molecule has 1 aliphatic rings. The molecule has 1 heterocycles. The number of rotatable bonds is 3. The molecule has 0 radical (unpaired) electrons. The van der Waals surface area contributed by atoms with E-state index in [0.29, 0.717) is 13.0 Å². The maximum absolute atomic E-state index is 12.8. The van der Waals surface area contributed by atoms with Gasteiger partial charge in [0.05, 0.1) is 27.6 Å². The van der Waals surface area contributed by atoms with Gasteiger partial charge in [0.2, 0.25) is 10.0 Å². The van der Waals surface area contributed by atoms with Crippen molar-refractivity contribution in [3.8, 4) is 0 Å². The molecule has 1 amide bonds. The normalized spacial score (nSPS) is 16.4. The molecule has 1 N–H and O–H groups in total. The van der Waals surface area contributed by atoms with Gasteiger partial charge in [-0.1, -0.05) is 17.7 Å². The van der Waals surface area contributed by atoms with Crippen LogP contribution in [0.15, 0.2) is 42.5 Å². The molecule has 10 heteroatoms. The van der Waals surface area contributed by atoms with E-state index < -0.39 is 27.7 Å². The molecule has 0 aliphatic carbocycles. The first-order valence-electron chi connectivity index (χ1n) is 7.86. The summed E-state index contributed by atoms with van der Waals surface area (Å²) < 4.78 is 63.6. The molecule has 3 rings (SSSR count). The molecule has 0 aromatic heterocycles. The van der Waals surface area contributed by atoms with Crippen LogP contribution in [0.4, 0.5) is 24.5 Å². The lowest BCUT2D eigenvalue weighted by atomic mass is 10.1. The topological polar surface area (TPSA) is 66.5 Å². The first kappa shape index (κ1) is 19.5. The zero-order valence-corrected chi connectivity index (χ0v) is 15.3. The zero-order chi connectivity index (χ0) is 19.8.